The molecular formula is C13H24N4O4. The lowest BCUT2D eigenvalue weighted by molar-refractivity contribution is -0.138. The van der Waals surface area contributed by atoms with Crippen LogP contribution in [0.2, 0.25) is 0 Å². The number of nitrogens with zero attached hydrogens (tertiary/aromatic N) is 2. The fourth-order valence-electron chi connectivity index (χ4n) is 2.20. The van der Waals surface area contributed by atoms with Crippen molar-refractivity contribution in [1.29, 1.82) is 0 Å². The normalized spacial score (nSPS) is 16.1. The number of carbonyl (C=O) groups excluding carboxylic acids is 2. The minimum Gasteiger partial charge on any atom is -0.480 e. The third kappa shape index (κ3) is 6.94. The molecule has 0 aromatic heterocycles. The van der Waals surface area contributed by atoms with Gasteiger partial charge in [-0.2, -0.15) is 0 Å². The molecule has 1 aliphatic heterocycles. The van der Waals surface area contributed by atoms with Gasteiger partial charge < -0.3 is 20.6 Å². The number of carbonyl (C=O) groups is 3. The molecule has 1 heterocycles. The van der Waals surface area contributed by atoms with Crippen molar-refractivity contribution < 1.29 is 19.5 Å². The molecule has 1 rings (SSSR count). The van der Waals surface area contributed by atoms with E-state index in [-0.39, 0.29) is 24.9 Å². The van der Waals surface area contributed by atoms with E-state index in [1.807, 2.05) is 11.8 Å². The van der Waals surface area contributed by atoms with Crippen molar-refractivity contribution in [2.24, 2.45) is 0 Å². The van der Waals surface area contributed by atoms with Crippen LogP contribution in [0.5, 0.6) is 0 Å². The first kappa shape index (κ1) is 17.2. The molecule has 0 bridgehead atoms. The third-order valence-corrected chi connectivity index (χ3v) is 3.24. The molecule has 0 radical (unpaired) electrons. The van der Waals surface area contributed by atoms with Crippen LogP contribution in [0.25, 0.3) is 0 Å². The van der Waals surface area contributed by atoms with E-state index < -0.39 is 5.97 Å². The third-order valence-electron chi connectivity index (χ3n) is 3.24. The number of aliphatic carboxylic acids is 1. The van der Waals surface area contributed by atoms with Gasteiger partial charge >= 0.3 is 12.0 Å². The van der Waals surface area contributed by atoms with Crippen molar-refractivity contribution in [3.63, 3.8) is 0 Å². The maximum absolute atomic E-state index is 12.0. The van der Waals surface area contributed by atoms with E-state index in [1.54, 1.807) is 4.90 Å². The van der Waals surface area contributed by atoms with Gasteiger partial charge in [-0.15, -0.1) is 0 Å². The number of hydrogen-bond acceptors (Lipinski definition) is 4. The number of nitrogens with one attached hydrogen (secondary N) is 2. The highest BCUT2D eigenvalue weighted by Crippen LogP contribution is 2.03. The van der Waals surface area contributed by atoms with Gasteiger partial charge in [-0.05, 0) is 13.3 Å². The quantitative estimate of drug-likeness (QED) is 0.603. The summed E-state index contributed by atoms with van der Waals surface area (Å²) in [6, 6.07) is -0.198. The molecule has 1 aliphatic rings. The lowest BCUT2D eigenvalue weighted by Crippen LogP contribution is -2.43. The molecule has 0 atom stereocenters. The summed E-state index contributed by atoms with van der Waals surface area (Å²) in [4.78, 5) is 37.4. The minimum absolute atomic E-state index is 0.00660. The van der Waals surface area contributed by atoms with Crippen LogP contribution >= 0.6 is 0 Å². The number of carboxylic acid groups (broad SMARTS) is 1. The van der Waals surface area contributed by atoms with Crippen LogP contribution in [-0.2, 0) is 9.59 Å². The number of carboxylic acids is 1. The van der Waals surface area contributed by atoms with Gasteiger partial charge in [0.2, 0.25) is 5.91 Å². The molecule has 0 unspecified atom stereocenters. The fourth-order valence-corrected chi connectivity index (χ4v) is 2.20. The number of urea groups is 1. The van der Waals surface area contributed by atoms with Gasteiger partial charge in [0.05, 0.1) is 6.54 Å². The maximum atomic E-state index is 12.0. The topological polar surface area (TPSA) is 102 Å². The molecule has 0 aromatic carbocycles. The standard InChI is InChI=1S/C13H24N4O4/c1-2-14-11(18)4-5-15-13(21)17-7-3-6-16(8-9-17)10-12(19)20/h2-10H2,1H3,(H,14,18)(H,15,21)(H,19,20). The zero-order valence-electron chi connectivity index (χ0n) is 12.4. The Morgan fingerprint density at radius 3 is 2.52 bits per heavy atom. The summed E-state index contributed by atoms with van der Waals surface area (Å²) >= 11 is 0. The monoisotopic (exact) mass is 300 g/mol. The van der Waals surface area contributed by atoms with Crippen molar-refractivity contribution in [3.05, 3.63) is 0 Å². The van der Waals surface area contributed by atoms with Crippen molar-refractivity contribution >= 4 is 17.9 Å². The van der Waals surface area contributed by atoms with Gasteiger partial charge in [0.25, 0.3) is 0 Å². The Morgan fingerprint density at radius 2 is 1.86 bits per heavy atom. The Morgan fingerprint density at radius 1 is 1.10 bits per heavy atom. The Balaban J connectivity index is 2.28. The largest absolute Gasteiger partial charge is 0.480 e. The Kier molecular flexibility index (Phi) is 7.52. The van der Waals surface area contributed by atoms with E-state index >= 15 is 0 Å². The molecule has 0 aromatic rings. The molecule has 1 saturated heterocycles. The van der Waals surface area contributed by atoms with Crippen LogP contribution in [0.15, 0.2) is 0 Å². The van der Waals surface area contributed by atoms with E-state index in [9.17, 15) is 14.4 Å². The highest BCUT2D eigenvalue weighted by atomic mass is 16.4. The Bertz CT molecular complexity index is 375. The maximum Gasteiger partial charge on any atom is 0.317 e. The lowest BCUT2D eigenvalue weighted by atomic mass is 10.4. The van der Waals surface area contributed by atoms with Gasteiger partial charge in [0.1, 0.15) is 0 Å². The molecule has 0 aliphatic carbocycles. The van der Waals surface area contributed by atoms with E-state index in [4.69, 9.17) is 5.11 Å². The summed E-state index contributed by atoms with van der Waals surface area (Å²) in [6.45, 7) is 5.07. The summed E-state index contributed by atoms with van der Waals surface area (Å²) in [5.74, 6) is -0.934. The first-order valence-corrected chi connectivity index (χ1v) is 7.26. The van der Waals surface area contributed by atoms with Crippen LogP contribution in [0.1, 0.15) is 19.8 Å². The van der Waals surface area contributed by atoms with Gasteiger partial charge in [-0.1, -0.05) is 0 Å². The molecule has 3 N–H and O–H groups in total. The molecule has 8 heteroatoms. The number of amides is 3. The van der Waals surface area contributed by atoms with Crippen molar-refractivity contribution in [2.75, 3.05) is 45.8 Å². The van der Waals surface area contributed by atoms with Crippen molar-refractivity contribution in [3.8, 4) is 0 Å². The first-order valence-electron chi connectivity index (χ1n) is 7.26. The zero-order chi connectivity index (χ0) is 15.7. The van der Waals surface area contributed by atoms with Crippen molar-refractivity contribution in [1.82, 2.24) is 20.4 Å². The minimum atomic E-state index is -0.852. The summed E-state index contributed by atoms with van der Waals surface area (Å²) in [5, 5.41) is 14.2. The van der Waals surface area contributed by atoms with E-state index in [0.29, 0.717) is 39.3 Å². The second kappa shape index (κ2) is 9.17. The van der Waals surface area contributed by atoms with Gasteiger partial charge in [-0.25, -0.2) is 4.79 Å². The fraction of sp³-hybridized carbons (Fsp3) is 0.769. The number of hydrogen-bond donors (Lipinski definition) is 3. The van der Waals surface area contributed by atoms with Crippen LogP contribution in [0.4, 0.5) is 4.79 Å². The highest BCUT2D eigenvalue weighted by molar-refractivity contribution is 5.78. The van der Waals surface area contributed by atoms with Gasteiger partial charge in [0.15, 0.2) is 0 Å². The molecule has 8 nitrogen and oxygen atoms in total. The van der Waals surface area contributed by atoms with Crippen LogP contribution in [0.3, 0.4) is 0 Å². The van der Waals surface area contributed by atoms with Crippen LogP contribution in [-0.4, -0.2) is 78.6 Å². The molecule has 0 spiro atoms. The second-order valence-corrected chi connectivity index (χ2v) is 4.95. The average Bonchev–Trinajstić information content (AvgIpc) is 2.64. The number of rotatable bonds is 6. The van der Waals surface area contributed by atoms with Crippen molar-refractivity contribution in [2.45, 2.75) is 19.8 Å². The van der Waals surface area contributed by atoms with Gasteiger partial charge in [0, 0.05) is 45.7 Å². The van der Waals surface area contributed by atoms with Crippen LogP contribution < -0.4 is 10.6 Å². The summed E-state index contributed by atoms with van der Waals surface area (Å²) in [6.07, 6.45) is 1.01. The summed E-state index contributed by atoms with van der Waals surface area (Å²) in [7, 11) is 0. The van der Waals surface area contributed by atoms with E-state index in [2.05, 4.69) is 10.6 Å². The van der Waals surface area contributed by atoms with Crippen LogP contribution in [0, 0.1) is 0 Å². The molecule has 21 heavy (non-hydrogen) atoms. The Labute approximate surface area is 124 Å². The first-order chi connectivity index (χ1) is 10.0. The predicted octanol–water partition coefficient (Wildman–Crippen LogP) is -0.685. The summed E-state index contributed by atoms with van der Waals surface area (Å²) < 4.78 is 0. The molecular weight excluding hydrogens is 276 g/mol. The smallest absolute Gasteiger partial charge is 0.317 e. The Hall–Kier alpha value is -1.83. The van der Waals surface area contributed by atoms with Gasteiger partial charge in [-0.3, -0.25) is 14.5 Å². The van der Waals surface area contributed by atoms with E-state index in [1.165, 1.54) is 0 Å². The highest BCUT2D eigenvalue weighted by Gasteiger charge is 2.20. The second-order valence-electron chi connectivity index (χ2n) is 4.95. The lowest BCUT2D eigenvalue weighted by Gasteiger charge is -2.21. The van der Waals surface area contributed by atoms with E-state index in [0.717, 1.165) is 6.42 Å². The summed E-state index contributed by atoms with van der Waals surface area (Å²) in [5.41, 5.74) is 0. The zero-order valence-corrected chi connectivity index (χ0v) is 12.4. The molecule has 3 amide bonds. The predicted molar refractivity (Wildman–Crippen MR) is 77.0 cm³/mol. The molecule has 1 fully saturated rings. The molecule has 120 valence electrons. The SMILES string of the molecule is CCNC(=O)CCNC(=O)N1CCCN(CC(=O)O)CC1. The average molecular weight is 300 g/mol. The molecule has 0 saturated carbocycles.